The number of fused-ring (bicyclic) bond motifs is 1. The second-order valence-electron chi connectivity index (χ2n) is 5.48. The molecule has 0 spiro atoms. The summed E-state index contributed by atoms with van der Waals surface area (Å²) in [6.07, 6.45) is 8.03. The van der Waals surface area contributed by atoms with E-state index in [1.807, 2.05) is 12.3 Å². The van der Waals surface area contributed by atoms with Crippen LogP contribution in [0.3, 0.4) is 0 Å². The SMILES string of the molecule is CC1(CNCc2c[nH]c3ncccc23)CCC1. The van der Waals surface area contributed by atoms with E-state index < -0.39 is 0 Å². The Hall–Kier alpha value is -1.35. The first kappa shape index (κ1) is 10.8. The Morgan fingerprint density at radius 2 is 2.35 bits per heavy atom. The summed E-state index contributed by atoms with van der Waals surface area (Å²) in [6, 6.07) is 4.12. The highest BCUT2D eigenvalue weighted by Crippen LogP contribution is 2.39. The van der Waals surface area contributed by atoms with Gasteiger partial charge in [0, 0.05) is 30.9 Å². The molecule has 1 fully saturated rings. The van der Waals surface area contributed by atoms with Crippen LogP contribution in [0.5, 0.6) is 0 Å². The molecule has 2 N–H and O–H groups in total. The van der Waals surface area contributed by atoms with Crippen LogP contribution in [0.1, 0.15) is 31.7 Å². The van der Waals surface area contributed by atoms with Crippen molar-refractivity contribution in [3.8, 4) is 0 Å². The van der Waals surface area contributed by atoms with Gasteiger partial charge in [0.05, 0.1) is 0 Å². The van der Waals surface area contributed by atoms with Crippen LogP contribution in [0.2, 0.25) is 0 Å². The van der Waals surface area contributed by atoms with Crippen molar-refractivity contribution in [3.05, 3.63) is 30.1 Å². The molecule has 0 unspecified atom stereocenters. The van der Waals surface area contributed by atoms with E-state index in [1.54, 1.807) is 0 Å². The fraction of sp³-hybridized carbons (Fsp3) is 0.500. The largest absolute Gasteiger partial charge is 0.346 e. The second kappa shape index (κ2) is 4.15. The summed E-state index contributed by atoms with van der Waals surface area (Å²) in [5.74, 6) is 0. The number of hydrogen-bond acceptors (Lipinski definition) is 2. The molecule has 0 radical (unpaired) electrons. The number of aromatic amines is 1. The minimum atomic E-state index is 0.546. The zero-order chi connectivity index (χ0) is 11.7. The average molecular weight is 229 g/mol. The lowest BCUT2D eigenvalue weighted by atomic mass is 9.70. The van der Waals surface area contributed by atoms with Gasteiger partial charge in [-0.15, -0.1) is 0 Å². The van der Waals surface area contributed by atoms with Crippen molar-refractivity contribution in [2.24, 2.45) is 5.41 Å². The zero-order valence-electron chi connectivity index (χ0n) is 10.3. The number of hydrogen-bond donors (Lipinski definition) is 2. The standard InChI is InChI=1S/C14H19N3/c1-14(5-3-6-14)10-15-8-11-9-17-13-12(11)4-2-7-16-13/h2,4,7,9,15H,3,5-6,8,10H2,1H3,(H,16,17). The van der Waals surface area contributed by atoms with Gasteiger partial charge in [-0.05, 0) is 36.0 Å². The van der Waals surface area contributed by atoms with Crippen molar-refractivity contribution >= 4 is 11.0 Å². The topological polar surface area (TPSA) is 40.7 Å². The minimum absolute atomic E-state index is 0.546. The van der Waals surface area contributed by atoms with Crippen molar-refractivity contribution in [2.75, 3.05) is 6.54 Å². The quantitative estimate of drug-likeness (QED) is 0.846. The van der Waals surface area contributed by atoms with Gasteiger partial charge in [-0.25, -0.2) is 4.98 Å². The van der Waals surface area contributed by atoms with Crippen LogP contribution < -0.4 is 5.32 Å². The molecule has 3 nitrogen and oxygen atoms in total. The molecule has 0 aromatic carbocycles. The highest BCUT2D eigenvalue weighted by Gasteiger charge is 2.30. The van der Waals surface area contributed by atoms with Crippen molar-refractivity contribution in [1.29, 1.82) is 0 Å². The molecule has 3 heteroatoms. The molecule has 17 heavy (non-hydrogen) atoms. The van der Waals surface area contributed by atoms with Crippen LogP contribution in [0, 0.1) is 5.41 Å². The number of aromatic nitrogens is 2. The molecule has 0 atom stereocenters. The van der Waals surface area contributed by atoms with E-state index in [0.717, 1.165) is 18.7 Å². The molecular formula is C14H19N3. The summed E-state index contributed by atoms with van der Waals surface area (Å²) in [7, 11) is 0. The first-order chi connectivity index (χ1) is 8.27. The molecule has 0 bridgehead atoms. The molecule has 90 valence electrons. The maximum Gasteiger partial charge on any atom is 0.137 e. The maximum absolute atomic E-state index is 4.30. The van der Waals surface area contributed by atoms with E-state index >= 15 is 0 Å². The lowest BCUT2D eigenvalue weighted by molar-refractivity contribution is 0.156. The predicted molar refractivity (Wildman–Crippen MR) is 69.8 cm³/mol. The summed E-state index contributed by atoms with van der Waals surface area (Å²) >= 11 is 0. The molecule has 1 aliphatic rings. The molecule has 1 saturated carbocycles. The minimum Gasteiger partial charge on any atom is -0.346 e. The van der Waals surface area contributed by atoms with Crippen molar-refractivity contribution in [2.45, 2.75) is 32.7 Å². The monoisotopic (exact) mass is 229 g/mol. The molecule has 2 aromatic heterocycles. The highest BCUT2D eigenvalue weighted by atomic mass is 14.9. The Morgan fingerprint density at radius 3 is 3.12 bits per heavy atom. The lowest BCUT2D eigenvalue weighted by Crippen LogP contribution is -2.36. The Balaban J connectivity index is 1.65. The average Bonchev–Trinajstić information content (AvgIpc) is 2.71. The Kier molecular flexibility index (Phi) is 2.63. The van der Waals surface area contributed by atoms with Crippen LogP contribution in [-0.2, 0) is 6.54 Å². The summed E-state index contributed by atoms with van der Waals surface area (Å²) in [5, 5.41) is 4.81. The van der Waals surface area contributed by atoms with E-state index in [2.05, 4.69) is 34.5 Å². The van der Waals surface area contributed by atoms with Crippen molar-refractivity contribution in [3.63, 3.8) is 0 Å². The van der Waals surface area contributed by atoms with Gasteiger partial charge in [-0.1, -0.05) is 13.3 Å². The van der Waals surface area contributed by atoms with Crippen molar-refractivity contribution in [1.82, 2.24) is 15.3 Å². The van der Waals surface area contributed by atoms with Gasteiger partial charge in [0.1, 0.15) is 5.65 Å². The Morgan fingerprint density at radius 1 is 1.47 bits per heavy atom. The Labute approximate surface area is 102 Å². The van der Waals surface area contributed by atoms with Crippen LogP contribution in [-0.4, -0.2) is 16.5 Å². The van der Waals surface area contributed by atoms with Crippen LogP contribution in [0.4, 0.5) is 0 Å². The maximum atomic E-state index is 4.30. The van der Waals surface area contributed by atoms with Crippen LogP contribution >= 0.6 is 0 Å². The molecule has 1 aliphatic carbocycles. The molecular weight excluding hydrogens is 210 g/mol. The van der Waals surface area contributed by atoms with Gasteiger partial charge in [0.15, 0.2) is 0 Å². The van der Waals surface area contributed by atoms with E-state index in [0.29, 0.717) is 5.41 Å². The first-order valence-corrected chi connectivity index (χ1v) is 6.39. The van der Waals surface area contributed by atoms with Gasteiger partial charge >= 0.3 is 0 Å². The van der Waals surface area contributed by atoms with Crippen LogP contribution in [0.15, 0.2) is 24.5 Å². The summed E-state index contributed by atoms with van der Waals surface area (Å²) < 4.78 is 0. The fourth-order valence-electron chi connectivity index (χ4n) is 2.61. The van der Waals surface area contributed by atoms with E-state index in [-0.39, 0.29) is 0 Å². The van der Waals surface area contributed by atoms with E-state index in [9.17, 15) is 0 Å². The number of nitrogens with zero attached hydrogens (tertiary/aromatic N) is 1. The van der Waals surface area contributed by atoms with Crippen LogP contribution in [0.25, 0.3) is 11.0 Å². The van der Waals surface area contributed by atoms with Gasteiger partial charge in [0.25, 0.3) is 0 Å². The number of nitrogens with one attached hydrogen (secondary N) is 2. The third kappa shape index (κ3) is 2.07. The zero-order valence-corrected chi connectivity index (χ0v) is 10.3. The third-order valence-electron chi connectivity index (χ3n) is 3.96. The fourth-order valence-corrected chi connectivity index (χ4v) is 2.61. The molecule has 0 saturated heterocycles. The van der Waals surface area contributed by atoms with E-state index in [1.165, 1.54) is 30.2 Å². The smallest absolute Gasteiger partial charge is 0.137 e. The Bertz CT molecular complexity index is 511. The summed E-state index contributed by atoms with van der Waals surface area (Å²) in [6.45, 7) is 4.43. The summed E-state index contributed by atoms with van der Waals surface area (Å²) in [5.41, 5.74) is 2.85. The molecule has 0 amide bonds. The lowest BCUT2D eigenvalue weighted by Gasteiger charge is -2.38. The van der Waals surface area contributed by atoms with E-state index in [4.69, 9.17) is 0 Å². The number of H-pyrrole nitrogens is 1. The number of rotatable bonds is 4. The highest BCUT2D eigenvalue weighted by molar-refractivity contribution is 5.79. The molecule has 3 rings (SSSR count). The predicted octanol–water partition coefficient (Wildman–Crippen LogP) is 2.84. The van der Waals surface area contributed by atoms with Gasteiger partial charge in [-0.2, -0.15) is 0 Å². The first-order valence-electron chi connectivity index (χ1n) is 6.39. The molecule has 2 heterocycles. The number of pyridine rings is 1. The normalized spacial score (nSPS) is 18.2. The summed E-state index contributed by atoms with van der Waals surface area (Å²) in [4.78, 5) is 7.52. The van der Waals surface area contributed by atoms with Crippen molar-refractivity contribution < 1.29 is 0 Å². The molecule has 2 aromatic rings. The molecule has 0 aliphatic heterocycles. The second-order valence-corrected chi connectivity index (χ2v) is 5.48. The van der Waals surface area contributed by atoms with Gasteiger partial charge in [0.2, 0.25) is 0 Å². The van der Waals surface area contributed by atoms with Gasteiger partial charge in [-0.3, -0.25) is 0 Å². The third-order valence-corrected chi connectivity index (χ3v) is 3.96. The van der Waals surface area contributed by atoms with Gasteiger partial charge < -0.3 is 10.3 Å².